The van der Waals surface area contributed by atoms with Crippen LogP contribution in [-0.4, -0.2) is 54.5 Å². The molecule has 0 amide bonds. The number of amidine groups is 1. The van der Waals surface area contributed by atoms with E-state index in [1.54, 1.807) is 11.3 Å². The Labute approximate surface area is 143 Å². The topological polar surface area (TPSA) is 67.6 Å². The van der Waals surface area contributed by atoms with Crippen LogP contribution in [0.5, 0.6) is 0 Å². The number of hydrogen-bond donors (Lipinski definition) is 1. The summed E-state index contributed by atoms with van der Waals surface area (Å²) in [4.78, 5) is 13.9. The van der Waals surface area contributed by atoms with Crippen LogP contribution in [0, 0.1) is 11.5 Å². The van der Waals surface area contributed by atoms with Gasteiger partial charge < -0.3 is 9.80 Å². The second-order valence-corrected chi connectivity index (χ2v) is 7.10. The first-order valence-corrected chi connectivity index (χ1v) is 9.35. The number of fused-ring (bicyclic) bond motifs is 1. The molecule has 2 heterocycles. The molecule has 0 unspecified atom stereocenters. The van der Waals surface area contributed by atoms with Gasteiger partial charge in [-0.3, -0.25) is 5.32 Å². The molecular weight excluding hydrogens is 328 g/mol. The summed E-state index contributed by atoms with van der Waals surface area (Å²) in [6.07, 6.45) is 3.79. The van der Waals surface area contributed by atoms with Gasteiger partial charge in [0.15, 0.2) is 16.5 Å². The predicted molar refractivity (Wildman–Crippen MR) is 98.7 cm³/mol. The lowest BCUT2D eigenvalue weighted by molar-refractivity contribution is 0.313. The van der Waals surface area contributed by atoms with Crippen LogP contribution in [0.15, 0.2) is 23.2 Å². The van der Waals surface area contributed by atoms with Crippen molar-refractivity contribution >= 4 is 49.3 Å². The third-order valence-corrected chi connectivity index (χ3v) is 5.38. The van der Waals surface area contributed by atoms with E-state index in [0.29, 0.717) is 5.17 Å². The smallest absolute Gasteiger partial charge is 0.186 e. The second-order valence-electron chi connectivity index (χ2n) is 5.30. The molecule has 1 aliphatic heterocycles. The highest BCUT2D eigenvalue weighted by Gasteiger charge is 2.17. The van der Waals surface area contributed by atoms with E-state index in [-0.39, 0.29) is 0 Å². The Hall–Kier alpha value is -1.82. The maximum absolute atomic E-state index is 8.71. The molecule has 0 bridgehead atoms. The van der Waals surface area contributed by atoms with E-state index in [0.717, 1.165) is 47.2 Å². The zero-order valence-electron chi connectivity index (χ0n) is 13.1. The van der Waals surface area contributed by atoms with Crippen LogP contribution in [0.2, 0.25) is 0 Å². The van der Waals surface area contributed by atoms with Crippen molar-refractivity contribution in [1.82, 2.24) is 15.2 Å². The number of hydrogen-bond acceptors (Lipinski definition) is 7. The highest BCUT2D eigenvalue weighted by Crippen LogP contribution is 2.32. The van der Waals surface area contributed by atoms with Crippen molar-refractivity contribution in [2.24, 2.45) is 4.99 Å². The number of nitrogens with zero attached hydrogens (tertiary/aromatic N) is 5. The molecule has 1 N–H and O–H groups in total. The van der Waals surface area contributed by atoms with Crippen LogP contribution in [0.4, 0.5) is 10.8 Å². The number of aliphatic imine (C=N–C) groups is 1. The van der Waals surface area contributed by atoms with E-state index in [4.69, 9.17) is 10.2 Å². The minimum absolute atomic E-state index is 0.593. The lowest BCUT2D eigenvalue weighted by atomic mass is 10.3. The van der Waals surface area contributed by atoms with Crippen LogP contribution in [0.3, 0.4) is 0 Å². The van der Waals surface area contributed by atoms with Gasteiger partial charge in [-0.1, -0.05) is 23.1 Å². The number of anilines is 1. The van der Waals surface area contributed by atoms with Gasteiger partial charge in [-0.2, -0.15) is 5.26 Å². The van der Waals surface area contributed by atoms with E-state index < -0.39 is 0 Å². The van der Waals surface area contributed by atoms with Gasteiger partial charge in [-0.05, 0) is 31.5 Å². The summed E-state index contributed by atoms with van der Waals surface area (Å²) >= 11 is 3.12. The summed E-state index contributed by atoms with van der Waals surface area (Å²) < 4.78 is 1.12. The van der Waals surface area contributed by atoms with Gasteiger partial charge in [-0.25, -0.2) is 9.98 Å². The third kappa shape index (κ3) is 3.75. The molecule has 1 aromatic carbocycles. The largest absolute Gasteiger partial charge is 0.345 e. The highest BCUT2D eigenvalue weighted by molar-refractivity contribution is 8.13. The quantitative estimate of drug-likeness (QED) is 0.390. The Morgan fingerprint density at radius 3 is 2.87 bits per heavy atom. The molecular formula is C15H18N6S2. The fraction of sp³-hybridized carbons (Fsp3) is 0.400. The van der Waals surface area contributed by atoms with Crippen molar-refractivity contribution in [3.8, 4) is 6.19 Å². The number of nitrogens with one attached hydrogen (secondary N) is 1. The number of aromatic nitrogens is 1. The summed E-state index contributed by atoms with van der Waals surface area (Å²) in [5.41, 5.74) is 1.83. The lowest BCUT2D eigenvalue weighted by Crippen LogP contribution is -2.44. The minimum Gasteiger partial charge on any atom is -0.345 e. The van der Waals surface area contributed by atoms with E-state index in [9.17, 15) is 0 Å². The summed E-state index contributed by atoms with van der Waals surface area (Å²) in [5.74, 6) is 0. The van der Waals surface area contributed by atoms with Crippen LogP contribution in [0.25, 0.3) is 10.2 Å². The first kappa shape index (κ1) is 16.1. The number of rotatable bonds is 2. The fourth-order valence-corrected chi connectivity index (χ4v) is 3.79. The molecule has 0 radical (unpaired) electrons. The van der Waals surface area contributed by atoms with Crippen molar-refractivity contribution in [1.29, 1.82) is 5.26 Å². The molecule has 23 heavy (non-hydrogen) atoms. The number of piperazine rings is 1. The molecule has 0 aliphatic carbocycles. The Morgan fingerprint density at radius 1 is 1.39 bits per heavy atom. The molecule has 0 atom stereocenters. The Bertz CT molecular complexity index is 755. The van der Waals surface area contributed by atoms with Crippen LogP contribution in [-0.2, 0) is 0 Å². The Morgan fingerprint density at radius 2 is 2.17 bits per heavy atom. The molecule has 6 nitrogen and oxygen atoms in total. The maximum atomic E-state index is 8.71. The van der Waals surface area contributed by atoms with Crippen molar-refractivity contribution in [2.45, 2.75) is 0 Å². The molecule has 1 aliphatic rings. The second kappa shape index (κ2) is 7.17. The van der Waals surface area contributed by atoms with E-state index >= 15 is 0 Å². The average molecular weight is 346 g/mol. The number of thiazole rings is 1. The van der Waals surface area contributed by atoms with Gasteiger partial charge >= 0.3 is 0 Å². The zero-order chi connectivity index (χ0) is 16.2. The fourth-order valence-electron chi connectivity index (χ4n) is 2.39. The van der Waals surface area contributed by atoms with E-state index in [1.807, 2.05) is 30.6 Å². The number of likely N-dealkylation sites (N-methyl/N-ethyl adjacent to an activating group) is 1. The number of nitriles is 1. The highest BCUT2D eigenvalue weighted by atomic mass is 32.2. The van der Waals surface area contributed by atoms with E-state index in [1.165, 1.54) is 11.8 Å². The molecule has 1 saturated heterocycles. The molecule has 2 aromatic rings. The van der Waals surface area contributed by atoms with Gasteiger partial charge in [0.05, 0.1) is 15.9 Å². The van der Waals surface area contributed by atoms with Gasteiger partial charge in [-0.15, -0.1) is 0 Å². The predicted octanol–water partition coefficient (Wildman–Crippen LogP) is 2.47. The molecule has 1 aromatic heterocycles. The first-order valence-electron chi connectivity index (χ1n) is 7.31. The molecule has 0 saturated carbocycles. The SMILES string of the molecule is CSC(=Nc1ccc2nc(N3CCN(C)CC3)sc2c1)NC#N. The Balaban J connectivity index is 1.85. The molecule has 3 rings (SSSR count). The molecule has 1 fully saturated rings. The summed E-state index contributed by atoms with van der Waals surface area (Å²) in [5, 5.41) is 13.0. The molecule has 120 valence electrons. The van der Waals surface area contributed by atoms with Gasteiger partial charge in [0.25, 0.3) is 0 Å². The monoisotopic (exact) mass is 346 g/mol. The van der Waals surface area contributed by atoms with Crippen LogP contribution < -0.4 is 10.2 Å². The first-order chi connectivity index (χ1) is 11.2. The Kier molecular flexibility index (Phi) is 5.00. The van der Waals surface area contributed by atoms with Gasteiger partial charge in [0.2, 0.25) is 0 Å². The standard InChI is InChI=1S/C15H18N6S2/c1-20-5-7-21(8-6-20)15-19-12-4-3-11(9-13(12)23-15)18-14(22-2)17-10-16/h3-4,9H,5-8H2,1-2H3,(H,17,18). The average Bonchev–Trinajstić information content (AvgIpc) is 2.98. The van der Waals surface area contributed by atoms with Crippen molar-refractivity contribution in [3.63, 3.8) is 0 Å². The lowest BCUT2D eigenvalue weighted by Gasteiger charge is -2.31. The van der Waals surface area contributed by atoms with Crippen molar-refractivity contribution in [2.75, 3.05) is 44.4 Å². The van der Waals surface area contributed by atoms with Crippen molar-refractivity contribution in [3.05, 3.63) is 18.2 Å². The summed E-state index contributed by atoms with van der Waals surface area (Å²) in [7, 11) is 2.15. The third-order valence-electron chi connectivity index (χ3n) is 3.72. The zero-order valence-corrected chi connectivity index (χ0v) is 14.7. The van der Waals surface area contributed by atoms with Crippen molar-refractivity contribution < 1.29 is 0 Å². The summed E-state index contributed by atoms with van der Waals surface area (Å²) in [6, 6.07) is 5.96. The molecule has 0 spiro atoms. The minimum atomic E-state index is 0.593. The number of benzene rings is 1. The summed E-state index contributed by atoms with van der Waals surface area (Å²) in [6.45, 7) is 4.18. The number of thioether (sulfide) groups is 1. The van der Waals surface area contributed by atoms with Gasteiger partial charge in [0.1, 0.15) is 0 Å². The maximum Gasteiger partial charge on any atom is 0.186 e. The van der Waals surface area contributed by atoms with Crippen LogP contribution in [0.1, 0.15) is 0 Å². The van der Waals surface area contributed by atoms with E-state index in [2.05, 4.69) is 27.2 Å². The molecule has 8 heteroatoms. The van der Waals surface area contributed by atoms with Gasteiger partial charge in [0, 0.05) is 26.2 Å². The van der Waals surface area contributed by atoms with Crippen LogP contribution >= 0.6 is 23.1 Å². The normalized spacial score (nSPS) is 16.6.